The van der Waals surface area contributed by atoms with E-state index in [0.29, 0.717) is 35.8 Å². The second-order valence-corrected chi connectivity index (χ2v) is 9.80. The molecule has 3 rings (SSSR count). The van der Waals surface area contributed by atoms with Gasteiger partial charge in [-0.1, -0.05) is 26.0 Å². The van der Waals surface area contributed by atoms with Gasteiger partial charge >= 0.3 is 0 Å². The van der Waals surface area contributed by atoms with Crippen LogP contribution in [0.4, 0.5) is 5.69 Å². The number of nitrogens with zero attached hydrogens (tertiary/aromatic N) is 2. The third kappa shape index (κ3) is 4.74. The van der Waals surface area contributed by atoms with E-state index in [1.54, 1.807) is 38.1 Å². The highest BCUT2D eigenvalue weighted by Crippen LogP contribution is 2.35. The fraction of sp³-hybridized carbons (Fsp3) is 0.417. The number of hydrogen-bond donors (Lipinski definition) is 1. The van der Waals surface area contributed by atoms with Gasteiger partial charge in [0.05, 0.1) is 19.1 Å². The van der Waals surface area contributed by atoms with Gasteiger partial charge in [-0.3, -0.25) is 14.5 Å². The highest BCUT2D eigenvalue weighted by molar-refractivity contribution is 7.89. The molecular weight excluding hydrogens is 458 g/mol. The Morgan fingerprint density at radius 3 is 2.41 bits per heavy atom. The predicted molar refractivity (Wildman–Crippen MR) is 129 cm³/mol. The number of ether oxygens (including phenoxy) is 2. The molecule has 1 unspecified atom stereocenters. The Hall–Kier alpha value is -3.11. The molecule has 1 atom stereocenters. The molecule has 2 aromatic carbocycles. The van der Waals surface area contributed by atoms with Crippen molar-refractivity contribution in [3.8, 4) is 11.5 Å². The molecule has 0 radical (unpaired) electrons. The molecule has 184 valence electrons. The van der Waals surface area contributed by atoms with Crippen LogP contribution in [0.25, 0.3) is 0 Å². The summed E-state index contributed by atoms with van der Waals surface area (Å²) < 4.78 is 38.0. The van der Waals surface area contributed by atoms with Crippen LogP contribution in [0.5, 0.6) is 11.5 Å². The van der Waals surface area contributed by atoms with E-state index in [1.165, 1.54) is 36.4 Å². The summed E-state index contributed by atoms with van der Waals surface area (Å²) in [6, 6.07) is 9.26. The van der Waals surface area contributed by atoms with Crippen molar-refractivity contribution < 1.29 is 27.5 Å². The molecule has 1 N–H and O–H groups in total. The lowest BCUT2D eigenvalue weighted by atomic mass is 10.1. The Balaban J connectivity index is 1.85. The molecule has 2 aromatic rings. The number of carbonyl (C=O) groups excluding carboxylic acids is 2. The standard InChI is InChI=1S/C24H31N3O6S/c1-6-26(7-2)34(30,31)19-11-12-20-18(13-19)14-21(27(20)16(3)28)24(29)25-15-17-9-8-10-22(32-4)23(17)33-5/h8-13,21H,6-7,14-15H2,1-5H3,(H,25,29). The molecule has 2 amide bonds. The van der Waals surface area contributed by atoms with Crippen LogP contribution >= 0.6 is 0 Å². The lowest BCUT2D eigenvalue weighted by Gasteiger charge is -2.24. The maximum atomic E-state index is 13.1. The molecule has 34 heavy (non-hydrogen) atoms. The smallest absolute Gasteiger partial charge is 0.243 e. The van der Waals surface area contributed by atoms with E-state index in [2.05, 4.69) is 5.32 Å². The van der Waals surface area contributed by atoms with Crippen LogP contribution in [0.15, 0.2) is 41.3 Å². The van der Waals surface area contributed by atoms with Gasteiger partial charge < -0.3 is 14.8 Å². The second-order valence-electron chi connectivity index (χ2n) is 7.86. The summed E-state index contributed by atoms with van der Waals surface area (Å²) in [7, 11) is -0.592. The lowest BCUT2D eigenvalue weighted by molar-refractivity contribution is -0.125. The zero-order valence-corrected chi connectivity index (χ0v) is 20.9. The summed E-state index contributed by atoms with van der Waals surface area (Å²) in [5.74, 6) is 0.436. The molecule has 0 bridgehead atoms. The first-order valence-corrected chi connectivity index (χ1v) is 12.5. The van der Waals surface area contributed by atoms with E-state index in [1.807, 2.05) is 6.07 Å². The number of rotatable bonds is 9. The van der Waals surface area contributed by atoms with E-state index in [4.69, 9.17) is 9.47 Å². The third-order valence-corrected chi connectivity index (χ3v) is 8.00. The normalized spacial score (nSPS) is 15.2. The zero-order chi connectivity index (χ0) is 25.0. The van der Waals surface area contributed by atoms with Gasteiger partial charge in [-0.05, 0) is 29.8 Å². The quantitative estimate of drug-likeness (QED) is 0.580. The number of benzene rings is 2. The first-order valence-electron chi connectivity index (χ1n) is 11.1. The summed E-state index contributed by atoms with van der Waals surface area (Å²) in [5, 5.41) is 2.87. The average molecular weight is 490 g/mol. The van der Waals surface area contributed by atoms with Gasteiger partial charge in [0.25, 0.3) is 0 Å². The Morgan fingerprint density at radius 2 is 1.82 bits per heavy atom. The van der Waals surface area contributed by atoms with E-state index in [9.17, 15) is 18.0 Å². The summed E-state index contributed by atoms with van der Waals surface area (Å²) in [5.41, 5.74) is 1.92. The van der Waals surface area contributed by atoms with Crippen molar-refractivity contribution in [2.45, 2.75) is 44.7 Å². The predicted octanol–water partition coefficient (Wildman–Crippen LogP) is 2.33. The molecule has 0 fully saturated rings. The van der Waals surface area contributed by atoms with Gasteiger partial charge in [-0.15, -0.1) is 0 Å². The number of nitrogens with one attached hydrogen (secondary N) is 1. The first-order chi connectivity index (χ1) is 16.2. The van der Waals surface area contributed by atoms with Gasteiger partial charge in [0, 0.05) is 44.2 Å². The van der Waals surface area contributed by atoms with E-state index >= 15 is 0 Å². The van der Waals surface area contributed by atoms with E-state index in [-0.39, 0.29) is 29.7 Å². The minimum absolute atomic E-state index is 0.153. The molecule has 0 aromatic heterocycles. The summed E-state index contributed by atoms with van der Waals surface area (Å²) in [4.78, 5) is 27.2. The lowest BCUT2D eigenvalue weighted by Crippen LogP contribution is -2.47. The zero-order valence-electron chi connectivity index (χ0n) is 20.1. The minimum atomic E-state index is -3.66. The molecule has 1 aliphatic heterocycles. The molecule has 0 saturated heterocycles. The van der Waals surface area contributed by atoms with Crippen LogP contribution in [-0.4, -0.2) is 57.9 Å². The molecule has 10 heteroatoms. The van der Waals surface area contributed by atoms with E-state index < -0.39 is 16.1 Å². The second kappa shape index (κ2) is 10.4. The minimum Gasteiger partial charge on any atom is -0.493 e. The molecule has 9 nitrogen and oxygen atoms in total. The fourth-order valence-corrected chi connectivity index (χ4v) is 5.80. The van der Waals surface area contributed by atoms with Crippen LogP contribution in [0.2, 0.25) is 0 Å². The van der Waals surface area contributed by atoms with Crippen molar-refractivity contribution in [3.05, 3.63) is 47.5 Å². The number of amides is 2. The van der Waals surface area contributed by atoms with Gasteiger partial charge in [-0.2, -0.15) is 4.31 Å². The van der Waals surface area contributed by atoms with Crippen molar-refractivity contribution in [2.75, 3.05) is 32.2 Å². The van der Waals surface area contributed by atoms with Crippen LogP contribution < -0.4 is 19.7 Å². The number of carbonyl (C=O) groups is 2. The monoisotopic (exact) mass is 489 g/mol. The Kier molecular flexibility index (Phi) is 7.83. The number of sulfonamides is 1. The highest BCUT2D eigenvalue weighted by Gasteiger charge is 2.38. The average Bonchev–Trinajstić information content (AvgIpc) is 3.22. The van der Waals surface area contributed by atoms with Crippen LogP contribution in [-0.2, 0) is 32.6 Å². The maximum Gasteiger partial charge on any atom is 0.243 e. The topological polar surface area (TPSA) is 105 Å². The number of para-hydroxylation sites is 1. The number of fused-ring (bicyclic) bond motifs is 1. The molecule has 0 saturated carbocycles. The third-order valence-electron chi connectivity index (χ3n) is 5.96. The summed E-state index contributed by atoms with van der Waals surface area (Å²) in [6.07, 6.45) is 0.220. The van der Waals surface area contributed by atoms with Crippen LogP contribution in [0.3, 0.4) is 0 Å². The van der Waals surface area contributed by atoms with Crippen molar-refractivity contribution in [2.24, 2.45) is 0 Å². The molecule has 1 heterocycles. The van der Waals surface area contributed by atoms with Gasteiger partial charge in [0.15, 0.2) is 11.5 Å². The first kappa shape index (κ1) is 25.5. The SMILES string of the molecule is CCN(CC)S(=O)(=O)c1ccc2c(c1)CC(C(=O)NCc1cccc(OC)c1OC)N2C(C)=O. The largest absolute Gasteiger partial charge is 0.493 e. The summed E-state index contributed by atoms with van der Waals surface area (Å²) in [6.45, 7) is 5.84. The Bertz CT molecular complexity index is 1180. The maximum absolute atomic E-state index is 13.1. The van der Waals surface area contributed by atoms with Crippen molar-refractivity contribution in [1.29, 1.82) is 0 Å². The number of hydrogen-bond acceptors (Lipinski definition) is 6. The highest BCUT2D eigenvalue weighted by atomic mass is 32.2. The van der Waals surface area contributed by atoms with Crippen molar-refractivity contribution >= 4 is 27.5 Å². The summed E-state index contributed by atoms with van der Waals surface area (Å²) >= 11 is 0. The Morgan fingerprint density at radius 1 is 1.12 bits per heavy atom. The van der Waals surface area contributed by atoms with Gasteiger partial charge in [0.2, 0.25) is 21.8 Å². The van der Waals surface area contributed by atoms with Gasteiger partial charge in [-0.25, -0.2) is 8.42 Å². The van der Waals surface area contributed by atoms with Gasteiger partial charge in [0.1, 0.15) is 6.04 Å². The number of methoxy groups -OCH3 is 2. The molecule has 0 spiro atoms. The number of anilines is 1. The molecule has 1 aliphatic rings. The molecular formula is C24H31N3O6S. The van der Waals surface area contributed by atoms with Crippen LogP contribution in [0.1, 0.15) is 31.9 Å². The molecule has 0 aliphatic carbocycles. The van der Waals surface area contributed by atoms with Crippen LogP contribution in [0, 0.1) is 0 Å². The van der Waals surface area contributed by atoms with Crippen molar-refractivity contribution in [1.82, 2.24) is 9.62 Å². The fourth-order valence-electron chi connectivity index (χ4n) is 4.29. The van der Waals surface area contributed by atoms with Crippen molar-refractivity contribution in [3.63, 3.8) is 0 Å². The van der Waals surface area contributed by atoms with E-state index in [0.717, 1.165) is 5.56 Å². The Labute approximate surface area is 200 Å².